The molecule has 0 bridgehead atoms. The summed E-state index contributed by atoms with van der Waals surface area (Å²) in [6.07, 6.45) is 7.54. The molecule has 0 saturated heterocycles. The Bertz CT molecular complexity index is 663. The average Bonchev–Trinajstić information content (AvgIpc) is 2.68. The van der Waals surface area contributed by atoms with Crippen molar-refractivity contribution in [1.29, 1.82) is 0 Å². The van der Waals surface area contributed by atoms with Crippen LogP contribution in [0.4, 0.5) is 5.69 Å². The van der Waals surface area contributed by atoms with Crippen molar-refractivity contribution in [3.8, 4) is 5.75 Å². The summed E-state index contributed by atoms with van der Waals surface area (Å²) in [4.78, 5) is 12.5. The Labute approximate surface area is 150 Å². The fourth-order valence-corrected chi connectivity index (χ4v) is 3.40. The van der Waals surface area contributed by atoms with E-state index in [-0.39, 0.29) is 11.8 Å². The second kappa shape index (κ2) is 9.26. The van der Waals surface area contributed by atoms with Crippen LogP contribution >= 0.6 is 0 Å². The Balaban J connectivity index is 1.50. The van der Waals surface area contributed by atoms with Crippen LogP contribution in [0.1, 0.15) is 44.1 Å². The number of amides is 1. The molecule has 3 nitrogen and oxygen atoms in total. The lowest BCUT2D eigenvalue weighted by atomic mass is 9.88. The number of rotatable bonds is 7. The molecule has 25 heavy (non-hydrogen) atoms. The minimum atomic E-state index is 0.139. The van der Waals surface area contributed by atoms with Crippen LogP contribution < -0.4 is 10.1 Å². The van der Waals surface area contributed by atoms with Crippen molar-refractivity contribution in [2.45, 2.75) is 44.9 Å². The van der Waals surface area contributed by atoms with Crippen molar-refractivity contribution >= 4 is 11.6 Å². The third kappa shape index (κ3) is 5.35. The van der Waals surface area contributed by atoms with Gasteiger partial charge in [0, 0.05) is 5.92 Å². The van der Waals surface area contributed by atoms with Crippen LogP contribution in [0, 0.1) is 5.92 Å². The van der Waals surface area contributed by atoms with Crippen LogP contribution in [0.2, 0.25) is 0 Å². The van der Waals surface area contributed by atoms with Gasteiger partial charge in [0.25, 0.3) is 0 Å². The van der Waals surface area contributed by atoms with Crippen molar-refractivity contribution in [2.24, 2.45) is 5.92 Å². The molecule has 0 spiro atoms. The standard InChI is InChI=1S/C22H27NO2/c24-22(19-13-5-2-6-14-19)23-20-15-7-8-16-21(20)25-17-9-12-18-10-3-1-4-11-18/h1,3-4,7-8,10-11,15-16,19H,2,5-6,9,12-14,17H2,(H,23,24). The smallest absolute Gasteiger partial charge is 0.227 e. The molecule has 2 aromatic rings. The molecule has 1 saturated carbocycles. The molecule has 1 aliphatic rings. The van der Waals surface area contributed by atoms with Gasteiger partial charge in [0.1, 0.15) is 5.75 Å². The Morgan fingerprint density at radius 1 is 0.960 bits per heavy atom. The van der Waals surface area contributed by atoms with E-state index in [1.54, 1.807) is 0 Å². The van der Waals surface area contributed by atoms with E-state index < -0.39 is 0 Å². The molecule has 1 N–H and O–H groups in total. The van der Waals surface area contributed by atoms with Gasteiger partial charge in [-0.15, -0.1) is 0 Å². The first-order valence-electron chi connectivity index (χ1n) is 9.39. The summed E-state index contributed by atoms with van der Waals surface area (Å²) < 4.78 is 5.93. The molecule has 1 amide bonds. The van der Waals surface area contributed by atoms with Gasteiger partial charge in [0.2, 0.25) is 5.91 Å². The molecular formula is C22H27NO2. The molecule has 1 fully saturated rings. The maximum absolute atomic E-state index is 12.5. The molecule has 0 aromatic heterocycles. The highest BCUT2D eigenvalue weighted by Gasteiger charge is 2.21. The summed E-state index contributed by atoms with van der Waals surface area (Å²) >= 11 is 0. The molecule has 0 aliphatic heterocycles. The summed E-state index contributed by atoms with van der Waals surface area (Å²) in [6.45, 7) is 0.644. The van der Waals surface area contributed by atoms with Gasteiger partial charge in [-0.2, -0.15) is 0 Å². The van der Waals surface area contributed by atoms with Crippen molar-refractivity contribution in [3.63, 3.8) is 0 Å². The van der Waals surface area contributed by atoms with Crippen molar-refractivity contribution in [3.05, 3.63) is 60.2 Å². The number of aryl methyl sites for hydroxylation is 1. The van der Waals surface area contributed by atoms with Gasteiger partial charge in [-0.25, -0.2) is 0 Å². The Morgan fingerprint density at radius 3 is 2.48 bits per heavy atom. The number of hydrogen-bond donors (Lipinski definition) is 1. The summed E-state index contributed by atoms with van der Waals surface area (Å²) in [5.74, 6) is 1.06. The Hall–Kier alpha value is -2.29. The summed E-state index contributed by atoms with van der Waals surface area (Å²) in [7, 11) is 0. The third-order valence-corrected chi connectivity index (χ3v) is 4.83. The molecule has 3 rings (SSSR count). The first kappa shape index (κ1) is 17.5. The number of ether oxygens (including phenoxy) is 1. The lowest BCUT2D eigenvalue weighted by molar-refractivity contribution is -0.120. The van der Waals surface area contributed by atoms with Crippen LogP contribution in [0.25, 0.3) is 0 Å². The zero-order chi connectivity index (χ0) is 17.3. The van der Waals surface area contributed by atoms with Crippen LogP contribution in [-0.4, -0.2) is 12.5 Å². The number of hydrogen-bond acceptors (Lipinski definition) is 2. The Kier molecular flexibility index (Phi) is 6.49. The largest absolute Gasteiger partial charge is 0.491 e. The second-order valence-corrected chi connectivity index (χ2v) is 6.76. The van der Waals surface area contributed by atoms with Gasteiger partial charge in [-0.05, 0) is 43.4 Å². The topological polar surface area (TPSA) is 38.3 Å². The molecule has 3 heteroatoms. The summed E-state index contributed by atoms with van der Waals surface area (Å²) in [6, 6.07) is 18.2. The molecule has 132 valence electrons. The van der Waals surface area contributed by atoms with E-state index in [0.29, 0.717) is 6.61 Å². The fraction of sp³-hybridized carbons (Fsp3) is 0.409. The van der Waals surface area contributed by atoms with E-state index in [1.165, 1.54) is 12.0 Å². The van der Waals surface area contributed by atoms with Crippen LogP contribution in [0.5, 0.6) is 5.75 Å². The summed E-state index contributed by atoms with van der Waals surface area (Å²) in [5, 5.41) is 3.07. The van der Waals surface area contributed by atoms with Crippen molar-refractivity contribution in [1.82, 2.24) is 0 Å². The number of nitrogens with one attached hydrogen (secondary N) is 1. The number of carbonyl (C=O) groups is 1. The first-order valence-corrected chi connectivity index (χ1v) is 9.39. The maximum atomic E-state index is 12.5. The van der Waals surface area contributed by atoms with E-state index in [4.69, 9.17) is 4.74 Å². The first-order chi connectivity index (χ1) is 12.3. The maximum Gasteiger partial charge on any atom is 0.227 e. The van der Waals surface area contributed by atoms with Gasteiger partial charge in [-0.1, -0.05) is 61.7 Å². The third-order valence-electron chi connectivity index (χ3n) is 4.83. The van der Waals surface area contributed by atoms with Crippen molar-refractivity contribution < 1.29 is 9.53 Å². The van der Waals surface area contributed by atoms with Gasteiger partial charge >= 0.3 is 0 Å². The SMILES string of the molecule is O=C(Nc1ccccc1OCCCc1ccccc1)C1CCCCC1. The zero-order valence-electron chi connectivity index (χ0n) is 14.7. The van der Waals surface area contributed by atoms with Crippen molar-refractivity contribution in [2.75, 3.05) is 11.9 Å². The zero-order valence-corrected chi connectivity index (χ0v) is 14.7. The highest BCUT2D eigenvalue weighted by molar-refractivity contribution is 5.93. The fourth-order valence-electron chi connectivity index (χ4n) is 3.40. The van der Waals surface area contributed by atoms with Gasteiger partial charge < -0.3 is 10.1 Å². The normalized spacial score (nSPS) is 14.9. The Morgan fingerprint density at radius 2 is 1.68 bits per heavy atom. The van der Waals surface area contributed by atoms with E-state index in [9.17, 15) is 4.79 Å². The lowest BCUT2D eigenvalue weighted by Gasteiger charge is -2.21. The number of para-hydroxylation sites is 2. The van der Waals surface area contributed by atoms with E-state index >= 15 is 0 Å². The lowest BCUT2D eigenvalue weighted by Crippen LogP contribution is -2.25. The predicted molar refractivity (Wildman–Crippen MR) is 102 cm³/mol. The highest BCUT2D eigenvalue weighted by atomic mass is 16.5. The van der Waals surface area contributed by atoms with E-state index in [2.05, 4.69) is 29.6 Å². The van der Waals surface area contributed by atoms with Gasteiger partial charge in [-0.3, -0.25) is 4.79 Å². The van der Waals surface area contributed by atoms with Crippen LogP contribution in [0.15, 0.2) is 54.6 Å². The van der Waals surface area contributed by atoms with Crippen LogP contribution in [-0.2, 0) is 11.2 Å². The van der Waals surface area contributed by atoms with Gasteiger partial charge in [0.15, 0.2) is 0 Å². The molecule has 0 radical (unpaired) electrons. The number of anilines is 1. The number of benzene rings is 2. The quantitative estimate of drug-likeness (QED) is 0.704. The molecule has 0 unspecified atom stereocenters. The monoisotopic (exact) mass is 337 g/mol. The summed E-state index contributed by atoms with van der Waals surface area (Å²) in [5.41, 5.74) is 2.11. The molecule has 0 atom stereocenters. The van der Waals surface area contributed by atoms with Gasteiger partial charge in [0.05, 0.1) is 12.3 Å². The minimum absolute atomic E-state index is 0.139. The minimum Gasteiger partial charge on any atom is -0.491 e. The molecule has 2 aromatic carbocycles. The van der Waals surface area contributed by atoms with E-state index in [0.717, 1.165) is 50.0 Å². The van der Waals surface area contributed by atoms with E-state index in [1.807, 2.05) is 30.3 Å². The highest BCUT2D eigenvalue weighted by Crippen LogP contribution is 2.28. The second-order valence-electron chi connectivity index (χ2n) is 6.76. The average molecular weight is 337 g/mol. The molecule has 0 heterocycles. The molecule has 1 aliphatic carbocycles. The number of carbonyl (C=O) groups excluding carboxylic acids is 1. The van der Waals surface area contributed by atoms with Crippen LogP contribution in [0.3, 0.4) is 0 Å². The predicted octanol–water partition coefficient (Wildman–Crippen LogP) is 5.22. The molecular weight excluding hydrogens is 310 g/mol.